The van der Waals surface area contributed by atoms with Crippen LogP contribution in [0.15, 0.2) is 18.3 Å². The van der Waals surface area contributed by atoms with Crippen molar-refractivity contribution in [3.05, 3.63) is 18.3 Å². The first-order chi connectivity index (χ1) is 5.13. The maximum Gasteiger partial charge on any atom is 0.127 e. The van der Waals surface area contributed by atoms with Crippen LogP contribution in [0.5, 0.6) is 0 Å². The Balaban J connectivity index is 2.96. The van der Waals surface area contributed by atoms with Crippen LogP contribution < -0.4 is 9.91 Å². The molecule has 11 heavy (non-hydrogen) atoms. The molecule has 0 aliphatic heterocycles. The van der Waals surface area contributed by atoms with Crippen molar-refractivity contribution in [3.8, 4) is 0 Å². The van der Waals surface area contributed by atoms with Crippen molar-refractivity contribution in [1.82, 2.24) is 4.68 Å². The van der Waals surface area contributed by atoms with Crippen LogP contribution in [0.4, 0.5) is 5.82 Å². The molecule has 0 amide bonds. The summed E-state index contributed by atoms with van der Waals surface area (Å²) in [6.45, 7) is 0. The third kappa shape index (κ3) is 1.48. The van der Waals surface area contributed by atoms with Crippen LogP contribution in [0.2, 0.25) is 0 Å². The van der Waals surface area contributed by atoms with E-state index in [1.165, 1.54) is 5.82 Å². The zero-order valence-electron chi connectivity index (χ0n) is 7.57. The first kappa shape index (κ1) is 7.98. The van der Waals surface area contributed by atoms with E-state index >= 15 is 0 Å². The van der Waals surface area contributed by atoms with E-state index in [0.717, 1.165) is 0 Å². The zero-order valence-corrected chi connectivity index (χ0v) is 7.57. The molecule has 0 bridgehead atoms. The van der Waals surface area contributed by atoms with Crippen molar-refractivity contribution in [2.24, 2.45) is 0 Å². The van der Waals surface area contributed by atoms with Gasteiger partial charge in [0, 0.05) is 34.4 Å². The second kappa shape index (κ2) is 2.86. The summed E-state index contributed by atoms with van der Waals surface area (Å²) in [5.74, 6) is 1.19. The molecular weight excluding hydrogens is 138 g/mol. The smallest absolute Gasteiger partial charge is 0.127 e. The van der Waals surface area contributed by atoms with Gasteiger partial charge in [0.1, 0.15) is 5.82 Å². The lowest BCUT2D eigenvalue weighted by Crippen LogP contribution is -2.27. The van der Waals surface area contributed by atoms with Crippen LogP contribution in [0.1, 0.15) is 0 Å². The molecular formula is C8H15N3. The fourth-order valence-electron chi connectivity index (χ4n) is 1.06. The normalized spacial score (nSPS) is 9.82. The van der Waals surface area contributed by atoms with Gasteiger partial charge in [-0.25, -0.2) is 4.68 Å². The quantitative estimate of drug-likeness (QED) is 0.621. The molecule has 0 saturated heterocycles. The molecule has 0 unspecified atom stereocenters. The summed E-state index contributed by atoms with van der Waals surface area (Å²) < 4.78 is 2.08. The molecule has 0 aromatic carbocycles. The van der Waals surface area contributed by atoms with Crippen molar-refractivity contribution in [3.63, 3.8) is 0 Å². The van der Waals surface area contributed by atoms with Crippen LogP contribution in [-0.4, -0.2) is 32.9 Å². The van der Waals surface area contributed by atoms with Gasteiger partial charge in [-0.2, -0.15) is 0 Å². The first-order valence-corrected chi connectivity index (χ1v) is 3.65. The average molecular weight is 153 g/mol. The van der Waals surface area contributed by atoms with E-state index in [2.05, 4.69) is 15.6 Å². The number of nitrogens with zero attached hydrogens (tertiary/aromatic N) is 3. The van der Waals surface area contributed by atoms with Gasteiger partial charge in [0.15, 0.2) is 0 Å². The summed E-state index contributed by atoms with van der Waals surface area (Å²) in [5, 5.41) is 2.04. The molecule has 0 atom stereocenters. The maximum absolute atomic E-state index is 2.08. The van der Waals surface area contributed by atoms with Crippen LogP contribution >= 0.6 is 0 Å². The lowest BCUT2D eigenvalue weighted by molar-refractivity contribution is 0.727. The van der Waals surface area contributed by atoms with Crippen molar-refractivity contribution in [1.29, 1.82) is 0 Å². The summed E-state index contributed by atoms with van der Waals surface area (Å²) in [6, 6.07) is 4.12. The number of anilines is 1. The summed E-state index contributed by atoms with van der Waals surface area (Å²) in [5.41, 5.74) is 0. The largest absolute Gasteiger partial charge is 0.363 e. The first-order valence-electron chi connectivity index (χ1n) is 3.65. The van der Waals surface area contributed by atoms with Gasteiger partial charge >= 0.3 is 0 Å². The van der Waals surface area contributed by atoms with Crippen molar-refractivity contribution in [2.75, 3.05) is 38.1 Å². The predicted molar refractivity (Wildman–Crippen MR) is 48.8 cm³/mol. The molecule has 0 fully saturated rings. The average Bonchev–Trinajstić information content (AvgIpc) is 2.32. The van der Waals surface area contributed by atoms with Gasteiger partial charge in [-0.1, -0.05) is 0 Å². The molecule has 0 aliphatic carbocycles. The molecule has 0 radical (unpaired) electrons. The molecule has 1 aromatic rings. The fraction of sp³-hybridized carbons (Fsp3) is 0.500. The highest BCUT2D eigenvalue weighted by molar-refractivity contribution is 5.39. The zero-order chi connectivity index (χ0) is 8.43. The Hall–Kier alpha value is -1.12. The summed E-state index contributed by atoms with van der Waals surface area (Å²) in [7, 11) is 8.12. The van der Waals surface area contributed by atoms with E-state index in [0.29, 0.717) is 0 Å². The number of aromatic nitrogens is 1. The van der Waals surface area contributed by atoms with Gasteiger partial charge in [0.05, 0.1) is 0 Å². The molecule has 62 valence electrons. The molecule has 1 rings (SSSR count). The molecule has 1 aromatic heterocycles. The van der Waals surface area contributed by atoms with Crippen molar-refractivity contribution >= 4 is 5.82 Å². The van der Waals surface area contributed by atoms with Gasteiger partial charge in [-0.05, 0) is 12.1 Å². The number of hydrogen-bond donors (Lipinski definition) is 0. The highest BCUT2D eigenvalue weighted by Gasteiger charge is 2.01. The Bertz CT molecular complexity index is 202. The molecule has 0 spiro atoms. The SMILES string of the molecule is CN(C)c1cccn1N(C)C. The summed E-state index contributed by atoms with van der Waals surface area (Å²) >= 11 is 0. The Kier molecular flexibility index (Phi) is 2.08. The van der Waals surface area contributed by atoms with Gasteiger partial charge in [-0.15, -0.1) is 0 Å². The second-order valence-corrected chi connectivity index (χ2v) is 2.95. The van der Waals surface area contributed by atoms with Gasteiger partial charge in [0.2, 0.25) is 0 Å². The highest BCUT2D eigenvalue weighted by atomic mass is 15.5. The van der Waals surface area contributed by atoms with Gasteiger partial charge in [0.25, 0.3) is 0 Å². The fourth-order valence-corrected chi connectivity index (χ4v) is 1.06. The van der Waals surface area contributed by atoms with Crippen molar-refractivity contribution in [2.45, 2.75) is 0 Å². The minimum absolute atomic E-state index is 1.19. The molecule has 0 N–H and O–H groups in total. The van der Waals surface area contributed by atoms with E-state index in [1.54, 1.807) is 0 Å². The topological polar surface area (TPSA) is 11.4 Å². The van der Waals surface area contributed by atoms with Gasteiger partial charge < -0.3 is 9.91 Å². The third-order valence-electron chi connectivity index (χ3n) is 1.60. The number of rotatable bonds is 2. The lowest BCUT2D eigenvalue weighted by Gasteiger charge is -2.21. The predicted octanol–water partition coefficient (Wildman–Crippen LogP) is 0.752. The highest BCUT2D eigenvalue weighted by Crippen LogP contribution is 2.10. The molecule has 0 aliphatic rings. The minimum Gasteiger partial charge on any atom is -0.363 e. The van der Waals surface area contributed by atoms with Crippen LogP contribution in [0, 0.1) is 0 Å². The van der Waals surface area contributed by atoms with E-state index in [4.69, 9.17) is 0 Å². The van der Waals surface area contributed by atoms with Crippen LogP contribution in [0.3, 0.4) is 0 Å². The van der Waals surface area contributed by atoms with Gasteiger partial charge in [-0.3, -0.25) is 0 Å². The molecule has 0 saturated carbocycles. The second-order valence-electron chi connectivity index (χ2n) is 2.95. The molecule has 3 heteroatoms. The Morgan fingerprint density at radius 2 is 1.82 bits per heavy atom. The standard InChI is InChI=1S/C8H15N3/c1-9(2)8-6-5-7-11(8)10(3)4/h5-7H,1-4H3. The summed E-state index contributed by atoms with van der Waals surface area (Å²) in [4.78, 5) is 2.08. The van der Waals surface area contributed by atoms with Crippen molar-refractivity contribution < 1.29 is 0 Å². The Morgan fingerprint density at radius 1 is 1.18 bits per heavy atom. The van der Waals surface area contributed by atoms with E-state index in [-0.39, 0.29) is 0 Å². The van der Waals surface area contributed by atoms with E-state index < -0.39 is 0 Å². The third-order valence-corrected chi connectivity index (χ3v) is 1.60. The monoisotopic (exact) mass is 153 g/mol. The Morgan fingerprint density at radius 3 is 2.18 bits per heavy atom. The van der Waals surface area contributed by atoms with E-state index in [1.807, 2.05) is 45.5 Å². The Labute approximate surface area is 67.8 Å². The van der Waals surface area contributed by atoms with Crippen LogP contribution in [0.25, 0.3) is 0 Å². The minimum atomic E-state index is 1.19. The van der Waals surface area contributed by atoms with Crippen LogP contribution in [-0.2, 0) is 0 Å². The lowest BCUT2D eigenvalue weighted by atomic mass is 10.6. The number of hydrogen-bond acceptors (Lipinski definition) is 2. The molecule has 3 nitrogen and oxygen atoms in total. The summed E-state index contributed by atoms with van der Waals surface area (Å²) in [6.07, 6.45) is 2.04. The molecule has 1 heterocycles. The maximum atomic E-state index is 2.08. The van der Waals surface area contributed by atoms with E-state index in [9.17, 15) is 0 Å².